The van der Waals surface area contributed by atoms with Crippen molar-refractivity contribution in [1.82, 2.24) is 9.80 Å². The fraction of sp³-hybridized carbons (Fsp3) is 0.917. The van der Waals surface area contributed by atoms with E-state index in [4.69, 9.17) is 5.73 Å². The summed E-state index contributed by atoms with van der Waals surface area (Å²) >= 11 is 0. The van der Waals surface area contributed by atoms with Crippen LogP contribution in [0.1, 0.15) is 25.7 Å². The molecule has 0 aromatic heterocycles. The third-order valence-corrected chi connectivity index (χ3v) is 3.30. The van der Waals surface area contributed by atoms with Crippen LogP contribution in [0.5, 0.6) is 0 Å². The van der Waals surface area contributed by atoms with E-state index < -0.39 is 0 Å². The molecule has 1 amide bonds. The van der Waals surface area contributed by atoms with Crippen molar-refractivity contribution in [3.8, 4) is 0 Å². The fourth-order valence-electron chi connectivity index (χ4n) is 2.29. The Kier molecular flexibility index (Phi) is 5.22. The summed E-state index contributed by atoms with van der Waals surface area (Å²) in [6.45, 7) is 1.88. The van der Waals surface area contributed by atoms with Gasteiger partial charge in [-0.1, -0.05) is 0 Å². The number of hydrogen-bond donors (Lipinski definition) is 1. The lowest BCUT2D eigenvalue weighted by atomic mass is 10.1. The van der Waals surface area contributed by atoms with Gasteiger partial charge in [0, 0.05) is 25.6 Å². The molecule has 0 spiro atoms. The van der Waals surface area contributed by atoms with E-state index >= 15 is 0 Å². The number of nitrogens with zero attached hydrogens (tertiary/aromatic N) is 2. The van der Waals surface area contributed by atoms with E-state index in [0.717, 1.165) is 38.8 Å². The van der Waals surface area contributed by atoms with Gasteiger partial charge in [-0.05, 0) is 46.3 Å². The van der Waals surface area contributed by atoms with Crippen LogP contribution in [0.3, 0.4) is 0 Å². The quantitative estimate of drug-likeness (QED) is 0.745. The highest BCUT2D eigenvalue weighted by atomic mass is 16.2. The lowest BCUT2D eigenvalue weighted by molar-refractivity contribution is -0.134. The van der Waals surface area contributed by atoms with Gasteiger partial charge in [-0.25, -0.2) is 0 Å². The molecule has 0 saturated heterocycles. The summed E-state index contributed by atoms with van der Waals surface area (Å²) in [5.41, 5.74) is 5.83. The number of carbonyl (C=O) groups excluding carboxylic acids is 1. The van der Waals surface area contributed by atoms with Crippen LogP contribution in [-0.4, -0.2) is 56.0 Å². The Morgan fingerprint density at radius 1 is 1.25 bits per heavy atom. The molecular formula is C12H25N3O. The lowest BCUT2D eigenvalue weighted by Crippen LogP contribution is -2.34. The SMILES string of the molecule is CN(C)CCCN(C)C(=O)C1CCC(N)C1. The molecule has 16 heavy (non-hydrogen) atoms. The normalized spacial score (nSPS) is 25.1. The third kappa shape index (κ3) is 4.10. The maximum atomic E-state index is 12.0. The van der Waals surface area contributed by atoms with Crippen molar-refractivity contribution in [2.75, 3.05) is 34.2 Å². The minimum atomic E-state index is 0.180. The Bertz CT molecular complexity index is 230. The largest absolute Gasteiger partial charge is 0.345 e. The molecule has 0 aromatic carbocycles. The van der Waals surface area contributed by atoms with Crippen LogP contribution in [0.15, 0.2) is 0 Å². The molecule has 94 valence electrons. The Morgan fingerprint density at radius 3 is 2.44 bits per heavy atom. The van der Waals surface area contributed by atoms with Crippen LogP contribution in [0.25, 0.3) is 0 Å². The van der Waals surface area contributed by atoms with E-state index in [1.54, 1.807) is 0 Å². The molecule has 4 heteroatoms. The van der Waals surface area contributed by atoms with Gasteiger partial charge < -0.3 is 15.5 Å². The zero-order valence-electron chi connectivity index (χ0n) is 10.8. The van der Waals surface area contributed by atoms with Gasteiger partial charge >= 0.3 is 0 Å². The molecule has 2 atom stereocenters. The maximum Gasteiger partial charge on any atom is 0.225 e. The molecule has 2 N–H and O–H groups in total. The second-order valence-electron chi connectivity index (χ2n) is 5.19. The Balaban J connectivity index is 2.25. The third-order valence-electron chi connectivity index (χ3n) is 3.30. The van der Waals surface area contributed by atoms with Gasteiger partial charge in [-0.15, -0.1) is 0 Å². The van der Waals surface area contributed by atoms with Crippen molar-refractivity contribution in [3.05, 3.63) is 0 Å². The van der Waals surface area contributed by atoms with Crippen LogP contribution < -0.4 is 5.73 Å². The number of hydrogen-bond acceptors (Lipinski definition) is 3. The average Bonchev–Trinajstić information content (AvgIpc) is 2.63. The molecule has 1 saturated carbocycles. The molecule has 1 aliphatic rings. The molecule has 0 aromatic rings. The van der Waals surface area contributed by atoms with Crippen molar-refractivity contribution < 1.29 is 4.79 Å². The smallest absolute Gasteiger partial charge is 0.225 e. The number of carbonyl (C=O) groups is 1. The predicted octanol–water partition coefficient (Wildman–Crippen LogP) is 0.524. The fourth-order valence-corrected chi connectivity index (χ4v) is 2.29. The Morgan fingerprint density at radius 2 is 1.94 bits per heavy atom. The van der Waals surface area contributed by atoms with E-state index in [1.165, 1.54) is 0 Å². The highest BCUT2D eigenvalue weighted by Crippen LogP contribution is 2.25. The molecule has 1 aliphatic carbocycles. The highest BCUT2D eigenvalue weighted by Gasteiger charge is 2.29. The minimum Gasteiger partial charge on any atom is -0.345 e. The first-order valence-electron chi connectivity index (χ1n) is 6.16. The standard InChI is InChI=1S/C12H25N3O/c1-14(2)7-4-8-15(3)12(16)10-5-6-11(13)9-10/h10-11H,4-9,13H2,1-3H3. The van der Waals surface area contributed by atoms with Crippen molar-refractivity contribution in [2.24, 2.45) is 11.7 Å². The van der Waals surface area contributed by atoms with Crippen LogP contribution in [0, 0.1) is 5.92 Å². The van der Waals surface area contributed by atoms with Gasteiger partial charge in [0.2, 0.25) is 5.91 Å². The minimum absolute atomic E-state index is 0.180. The summed E-state index contributed by atoms with van der Waals surface area (Å²) in [6, 6.07) is 0.240. The molecule has 0 radical (unpaired) electrons. The lowest BCUT2D eigenvalue weighted by Gasteiger charge is -2.21. The van der Waals surface area contributed by atoms with Gasteiger partial charge in [0.25, 0.3) is 0 Å². The summed E-state index contributed by atoms with van der Waals surface area (Å²) in [5, 5.41) is 0. The number of rotatable bonds is 5. The first-order valence-corrected chi connectivity index (χ1v) is 6.16. The molecule has 0 bridgehead atoms. The van der Waals surface area contributed by atoms with Crippen molar-refractivity contribution in [2.45, 2.75) is 31.7 Å². The summed E-state index contributed by atoms with van der Waals surface area (Å²) in [6.07, 6.45) is 3.88. The van der Waals surface area contributed by atoms with Gasteiger partial charge in [-0.2, -0.15) is 0 Å². The van der Waals surface area contributed by atoms with E-state index in [-0.39, 0.29) is 17.9 Å². The summed E-state index contributed by atoms with van der Waals surface area (Å²) in [7, 11) is 6.01. The molecule has 2 unspecified atom stereocenters. The molecular weight excluding hydrogens is 202 g/mol. The topological polar surface area (TPSA) is 49.6 Å². The number of amides is 1. The second-order valence-corrected chi connectivity index (χ2v) is 5.19. The van der Waals surface area contributed by atoms with Gasteiger partial charge in [-0.3, -0.25) is 4.79 Å². The van der Waals surface area contributed by atoms with E-state index in [0.29, 0.717) is 0 Å². The second kappa shape index (κ2) is 6.21. The molecule has 1 fully saturated rings. The summed E-state index contributed by atoms with van der Waals surface area (Å²) in [4.78, 5) is 16.0. The molecule has 4 nitrogen and oxygen atoms in total. The predicted molar refractivity (Wildman–Crippen MR) is 66.1 cm³/mol. The Hall–Kier alpha value is -0.610. The zero-order chi connectivity index (χ0) is 12.1. The Labute approximate surface area is 98.8 Å². The van der Waals surface area contributed by atoms with Crippen molar-refractivity contribution >= 4 is 5.91 Å². The first kappa shape index (κ1) is 13.5. The molecule has 0 heterocycles. The van der Waals surface area contributed by atoms with Gasteiger partial charge in [0.15, 0.2) is 0 Å². The summed E-state index contributed by atoms with van der Waals surface area (Å²) < 4.78 is 0. The van der Waals surface area contributed by atoms with E-state index in [9.17, 15) is 4.79 Å². The van der Waals surface area contributed by atoms with Crippen LogP contribution >= 0.6 is 0 Å². The first-order chi connectivity index (χ1) is 7.50. The van der Waals surface area contributed by atoms with Gasteiger partial charge in [0.05, 0.1) is 0 Å². The van der Waals surface area contributed by atoms with Crippen molar-refractivity contribution in [1.29, 1.82) is 0 Å². The molecule has 0 aliphatic heterocycles. The maximum absolute atomic E-state index is 12.0. The van der Waals surface area contributed by atoms with E-state index in [1.807, 2.05) is 11.9 Å². The summed E-state index contributed by atoms with van der Waals surface area (Å²) in [5.74, 6) is 0.464. The van der Waals surface area contributed by atoms with Crippen molar-refractivity contribution in [3.63, 3.8) is 0 Å². The van der Waals surface area contributed by atoms with Crippen LogP contribution in [-0.2, 0) is 4.79 Å². The highest BCUT2D eigenvalue weighted by molar-refractivity contribution is 5.78. The van der Waals surface area contributed by atoms with Crippen LogP contribution in [0.2, 0.25) is 0 Å². The van der Waals surface area contributed by atoms with Gasteiger partial charge in [0.1, 0.15) is 0 Å². The zero-order valence-corrected chi connectivity index (χ0v) is 10.8. The number of nitrogens with two attached hydrogens (primary N) is 1. The molecule has 1 rings (SSSR count). The monoisotopic (exact) mass is 227 g/mol. The van der Waals surface area contributed by atoms with Crippen LogP contribution in [0.4, 0.5) is 0 Å². The van der Waals surface area contributed by atoms with E-state index in [2.05, 4.69) is 19.0 Å². The average molecular weight is 227 g/mol.